The van der Waals surface area contributed by atoms with Gasteiger partial charge in [-0.25, -0.2) is 4.99 Å². The van der Waals surface area contributed by atoms with Crippen LogP contribution >= 0.6 is 11.6 Å². The highest BCUT2D eigenvalue weighted by Gasteiger charge is 2.43. The first kappa shape index (κ1) is 20.2. The third-order valence-corrected chi connectivity index (χ3v) is 5.97. The van der Waals surface area contributed by atoms with E-state index in [0.29, 0.717) is 41.6 Å². The molecule has 1 fully saturated rings. The summed E-state index contributed by atoms with van der Waals surface area (Å²) in [6, 6.07) is 0. The normalized spacial score (nSPS) is 27.6. The topological polar surface area (TPSA) is 94.2 Å². The van der Waals surface area contributed by atoms with Crippen molar-refractivity contribution in [1.29, 1.82) is 0 Å². The van der Waals surface area contributed by atoms with Crippen molar-refractivity contribution in [2.45, 2.75) is 32.2 Å². The Hall–Kier alpha value is -1.57. The van der Waals surface area contributed by atoms with Crippen molar-refractivity contribution in [3.63, 3.8) is 0 Å². The van der Waals surface area contributed by atoms with E-state index >= 15 is 0 Å². The van der Waals surface area contributed by atoms with Gasteiger partial charge in [-0.1, -0.05) is 18.5 Å². The maximum Gasteiger partial charge on any atom is 0.249 e. The zero-order valence-corrected chi connectivity index (χ0v) is 16.9. The van der Waals surface area contributed by atoms with E-state index in [2.05, 4.69) is 22.1 Å². The van der Waals surface area contributed by atoms with Crippen LogP contribution in [0.25, 0.3) is 0 Å². The number of allylic oxidation sites excluding steroid dienone is 2. The quantitative estimate of drug-likeness (QED) is 0.620. The van der Waals surface area contributed by atoms with Crippen LogP contribution in [0.15, 0.2) is 28.0 Å². The summed E-state index contributed by atoms with van der Waals surface area (Å²) < 4.78 is 0. The molecule has 1 amide bonds. The van der Waals surface area contributed by atoms with Crippen LogP contribution in [0.3, 0.4) is 0 Å². The highest BCUT2D eigenvalue weighted by Crippen LogP contribution is 2.29. The number of nitrogens with one attached hydrogen (secondary N) is 1. The van der Waals surface area contributed by atoms with Crippen molar-refractivity contribution in [1.82, 2.24) is 15.1 Å². The van der Waals surface area contributed by atoms with Crippen molar-refractivity contribution in [2.75, 3.05) is 39.3 Å². The molecule has 0 aromatic heterocycles. The van der Waals surface area contributed by atoms with Crippen LogP contribution in [-0.2, 0) is 4.79 Å². The van der Waals surface area contributed by atoms with Gasteiger partial charge < -0.3 is 26.0 Å². The van der Waals surface area contributed by atoms with Gasteiger partial charge in [-0.15, -0.1) is 0 Å². The first-order valence-electron chi connectivity index (χ1n) is 9.64. The van der Waals surface area contributed by atoms with Crippen LogP contribution in [0, 0.1) is 11.8 Å². The van der Waals surface area contributed by atoms with E-state index in [-0.39, 0.29) is 12.5 Å². The maximum absolute atomic E-state index is 12.8. The Morgan fingerprint density at radius 1 is 1.48 bits per heavy atom. The van der Waals surface area contributed by atoms with Gasteiger partial charge in [-0.3, -0.25) is 4.79 Å². The molecule has 3 rings (SSSR count). The number of aliphatic hydroxyl groups is 1. The van der Waals surface area contributed by atoms with Crippen LogP contribution in [0.5, 0.6) is 0 Å². The van der Waals surface area contributed by atoms with Crippen LogP contribution in [0.1, 0.15) is 26.7 Å². The molecule has 0 saturated carbocycles. The molecule has 150 valence electrons. The van der Waals surface area contributed by atoms with Gasteiger partial charge in [0.1, 0.15) is 11.7 Å². The molecule has 3 aliphatic heterocycles. The molecule has 1 unspecified atom stereocenters. The monoisotopic (exact) mass is 395 g/mol. The van der Waals surface area contributed by atoms with Crippen LogP contribution in [0.2, 0.25) is 0 Å². The maximum atomic E-state index is 12.8. The summed E-state index contributed by atoms with van der Waals surface area (Å²) in [6.07, 6.45) is 5.62. The van der Waals surface area contributed by atoms with E-state index in [1.54, 1.807) is 17.1 Å². The average molecular weight is 396 g/mol. The Morgan fingerprint density at radius 3 is 2.85 bits per heavy atom. The lowest BCUT2D eigenvalue weighted by Gasteiger charge is -2.33. The van der Waals surface area contributed by atoms with Crippen molar-refractivity contribution >= 4 is 23.3 Å². The fourth-order valence-corrected chi connectivity index (χ4v) is 4.02. The predicted octanol–water partition coefficient (Wildman–Crippen LogP) is 0.852. The molecule has 1 saturated heterocycles. The predicted molar refractivity (Wildman–Crippen MR) is 107 cm³/mol. The summed E-state index contributed by atoms with van der Waals surface area (Å²) in [5.41, 5.74) is 5.16. The molecule has 8 heteroatoms. The summed E-state index contributed by atoms with van der Waals surface area (Å²) in [7, 11) is 0. The number of likely N-dealkylation sites (tertiary alicyclic amines) is 1. The Morgan fingerprint density at radius 2 is 2.19 bits per heavy atom. The van der Waals surface area contributed by atoms with Gasteiger partial charge >= 0.3 is 0 Å². The number of fused-ring (bicyclic) bond motifs is 1. The summed E-state index contributed by atoms with van der Waals surface area (Å²) >= 11 is 6.07. The number of hydrogen-bond acceptors (Lipinski definition) is 6. The largest absolute Gasteiger partial charge is 0.396 e. The molecule has 2 atom stereocenters. The first-order valence-corrected chi connectivity index (χ1v) is 10.0. The zero-order chi connectivity index (χ0) is 19.6. The second-order valence-electron chi connectivity index (χ2n) is 8.14. The molecular weight excluding hydrogens is 366 g/mol. The number of aliphatic imine (C=N–C) groups is 1. The van der Waals surface area contributed by atoms with Crippen molar-refractivity contribution in [3.8, 4) is 0 Å². The number of halogens is 1. The number of amidine groups is 1. The lowest BCUT2D eigenvalue weighted by Crippen LogP contribution is -2.49. The SMILES string of the molecule is C[C@@H](CO)CN1CCC(CNC(=O)C2(C)CN3C(=N2)C=CC(Cl)=C3N)CC1. The number of carbonyl (C=O) groups excluding carboxylic acids is 1. The molecule has 0 radical (unpaired) electrons. The van der Waals surface area contributed by atoms with Gasteiger partial charge in [0.05, 0.1) is 11.6 Å². The highest BCUT2D eigenvalue weighted by molar-refractivity contribution is 6.32. The molecule has 0 aromatic rings. The van der Waals surface area contributed by atoms with Crippen molar-refractivity contribution in [3.05, 3.63) is 23.0 Å². The average Bonchev–Trinajstić information content (AvgIpc) is 3.02. The summed E-state index contributed by atoms with van der Waals surface area (Å²) in [6.45, 7) is 8.17. The smallest absolute Gasteiger partial charge is 0.249 e. The van der Waals surface area contributed by atoms with Crippen molar-refractivity contribution < 1.29 is 9.90 Å². The minimum absolute atomic E-state index is 0.0712. The fourth-order valence-electron chi connectivity index (χ4n) is 3.86. The molecule has 0 bridgehead atoms. The van der Waals surface area contributed by atoms with E-state index in [1.165, 1.54) is 0 Å². The van der Waals surface area contributed by atoms with Gasteiger partial charge in [-0.05, 0) is 56.8 Å². The minimum Gasteiger partial charge on any atom is -0.396 e. The number of aliphatic hydroxyl groups excluding tert-OH is 1. The molecule has 0 aliphatic carbocycles. The minimum atomic E-state index is -0.858. The molecule has 0 aromatic carbocycles. The first-order chi connectivity index (χ1) is 12.8. The molecule has 3 aliphatic rings. The molecule has 7 nitrogen and oxygen atoms in total. The third kappa shape index (κ3) is 4.47. The Bertz CT molecular complexity index is 669. The lowest BCUT2D eigenvalue weighted by molar-refractivity contribution is -0.125. The van der Waals surface area contributed by atoms with E-state index in [9.17, 15) is 9.90 Å². The van der Waals surface area contributed by atoms with Crippen LogP contribution in [-0.4, -0.2) is 71.5 Å². The molecule has 27 heavy (non-hydrogen) atoms. The van der Waals surface area contributed by atoms with E-state index < -0.39 is 5.54 Å². The van der Waals surface area contributed by atoms with Crippen LogP contribution in [0.4, 0.5) is 0 Å². The molecule has 0 spiro atoms. The third-order valence-electron chi connectivity index (χ3n) is 5.65. The van der Waals surface area contributed by atoms with E-state index in [1.807, 2.05) is 6.92 Å². The Kier molecular flexibility index (Phi) is 6.13. The number of piperidine rings is 1. The lowest BCUT2D eigenvalue weighted by atomic mass is 9.95. The van der Waals surface area contributed by atoms with Gasteiger partial charge in [0.15, 0.2) is 5.54 Å². The Labute approximate surface area is 165 Å². The van der Waals surface area contributed by atoms with Gasteiger partial charge in [0, 0.05) is 19.7 Å². The molecule has 3 heterocycles. The fraction of sp³-hybridized carbons (Fsp3) is 0.684. The van der Waals surface area contributed by atoms with Crippen molar-refractivity contribution in [2.24, 2.45) is 22.6 Å². The number of nitrogens with two attached hydrogens (primary N) is 1. The standard InChI is InChI=1S/C19H30ClN5O2/c1-13(11-26)10-24-7-5-14(6-8-24)9-22-18(27)19(2)12-25-16(23-19)4-3-15(20)17(25)21/h3-4,13-14,26H,5-12,21H2,1-2H3,(H,22,27)/t13-,19?/m1/s1. The number of amides is 1. The number of nitrogens with zero attached hydrogens (tertiary/aromatic N) is 3. The molecule has 4 N–H and O–H groups in total. The second-order valence-corrected chi connectivity index (χ2v) is 8.55. The van der Waals surface area contributed by atoms with E-state index in [4.69, 9.17) is 17.3 Å². The van der Waals surface area contributed by atoms with Gasteiger partial charge in [0.25, 0.3) is 0 Å². The number of rotatable bonds is 6. The molecular formula is C19H30ClN5O2. The number of carbonyl (C=O) groups is 1. The van der Waals surface area contributed by atoms with Gasteiger partial charge in [-0.2, -0.15) is 0 Å². The highest BCUT2D eigenvalue weighted by atomic mass is 35.5. The zero-order valence-electron chi connectivity index (χ0n) is 16.1. The second kappa shape index (κ2) is 8.20. The summed E-state index contributed by atoms with van der Waals surface area (Å²) in [5, 5.41) is 12.8. The summed E-state index contributed by atoms with van der Waals surface area (Å²) in [5.74, 6) is 1.84. The van der Waals surface area contributed by atoms with Crippen LogP contribution < -0.4 is 11.1 Å². The Balaban J connectivity index is 1.48. The summed E-state index contributed by atoms with van der Waals surface area (Å²) in [4.78, 5) is 21.6. The van der Waals surface area contributed by atoms with E-state index in [0.717, 1.165) is 32.5 Å². The van der Waals surface area contributed by atoms with Gasteiger partial charge in [0.2, 0.25) is 5.91 Å². The number of hydrogen-bond donors (Lipinski definition) is 3.